The second-order valence-corrected chi connectivity index (χ2v) is 4.06. The standard InChI is InChI=1S/C10H15BrN2/c1-8(6-12)13-7-9-2-4-10(11)5-3-9/h2-5,8,13H,6-7,12H2,1H3/t8-/m0/s1. The maximum Gasteiger partial charge on any atom is 0.0208 e. The molecule has 0 spiro atoms. The first kappa shape index (κ1) is 10.7. The summed E-state index contributed by atoms with van der Waals surface area (Å²) in [5.41, 5.74) is 6.77. The van der Waals surface area contributed by atoms with Crippen molar-refractivity contribution in [3.05, 3.63) is 34.3 Å². The summed E-state index contributed by atoms with van der Waals surface area (Å²) >= 11 is 3.40. The van der Waals surface area contributed by atoms with Crippen LogP contribution >= 0.6 is 15.9 Å². The highest BCUT2D eigenvalue weighted by Gasteiger charge is 1.97. The summed E-state index contributed by atoms with van der Waals surface area (Å²) < 4.78 is 1.11. The predicted molar refractivity (Wildman–Crippen MR) is 59.5 cm³/mol. The van der Waals surface area contributed by atoms with Crippen molar-refractivity contribution in [1.82, 2.24) is 5.32 Å². The molecule has 0 saturated heterocycles. The SMILES string of the molecule is C[C@@H](CN)NCc1ccc(Br)cc1. The van der Waals surface area contributed by atoms with Crippen molar-refractivity contribution in [2.45, 2.75) is 19.5 Å². The zero-order valence-electron chi connectivity index (χ0n) is 7.76. The van der Waals surface area contributed by atoms with E-state index >= 15 is 0 Å². The summed E-state index contributed by atoms with van der Waals surface area (Å²) in [7, 11) is 0. The summed E-state index contributed by atoms with van der Waals surface area (Å²) in [5, 5.41) is 3.33. The van der Waals surface area contributed by atoms with Crippen LogP contribution in [-0.4, -0.2) is 12.6 Å². The second-order valence-electron chi connectivity index (χ2n) is 3.14. The van der Waals surface area contributed by atoms with Gasteiger partial charge < -0.3 is 11.1 Å². The highest BCUT2D eigenvalue weighted by Crippen LogP contribution is 2.10. The highest BCUT2D eigenvalue weighted by molar-refractivity contribution is 9.10. The molecule has 0 aliphatic heterocycles. The Morgan fingerprint density at radius 3 is 2.54 bits per heavy atom. The van der Waals surface area contributed by atoms with Gasteiger partial charge in [0.2, 0.25) is 0 Å². The minimum atomic E-state index is 0.378. The Morgan fingerprint density at radius 2 is 2.00 bits per heavy atom. The smallest absolute Gasteiger partial charge is 0.0208 e. The molecule has 1 aromatic rings. The molecule has 1 aromatic carbocycles. The van der Waals surface area contributed by atoms with Crippen LogP contribution < -0.4 is 11.1 Å². The minimum absolute atomic E-state index is 0.378. The van der Waals surface area contributed by atoms with Gasteiger partial charge in [0.25, 0.3) is 0 Å². The van der Waals surface area contributed by atoms with Crippen LogP contribution in [0.2, 0.25) is 0 Å². The van der Waals surface area contributed by atoms with Crippen LogP contribution in [0.15, 0.2) is 28.7 Å². The second kappa shape index (κ2) is 5.37. The summed E-state index contributed by atoms with van der Waals surface area (Å²) in [6.07, 6.45) is 0. The third-order valence-electron chi connectivity index (χ3n) is 1.92. The molecule has 0 amide bonds. The fourth-order valence-electron chi connectivity index (χ4n) is 0.978. The molecular weight excluding hydrogens is 228 g/mol. The van der Waals surface area contributed by atoms with Gasteiger partial charge in [-0.1, -0.05) is 28.1 Å². The van der Waals surface area contributed by atoms with Crippen molar-refractivity contribution < 1.29 is 0 Å². The fraction of sp³-hybridized carbons (Fsp3) is 0.400. The van der Waals surface area contributed by atoms with Gasteiger partial charge in [0.15, 0.2) is 0 Å². The lowest BCUT2D eigenvalue weighted by Gasteiger charge is -2.10. The number of nitrogens with one attached hydrogen (secondary N) is 1. The number of hydrogen-bond acceptors (Lipinski definition) is 2. The van der Waals surface area contributed by atoms with Gasteiger partial charge in [-0.15, -0.1) is 0 Å². The maximum atomic E-state index is 5.49. The average molecular weight is 243 g/mol. The van der Waals surface area contributed by atoms with Crippen LogP contribution in [0.5, 0.6) is 0 Å². The molecule has 3 N–H and O–H groups in total. The largest absolute Gasteiger partial charge is 0.329 e. The third-order valence-corrected chi connectivity index (χ3v) is 2.45. The van der Waals surface area contributed by atoms with E-state index in [9.17, 15) is 0 Å². The molecule has 0 heterocycles. The highest BCUT2D eigenvalue weighted by atomic mass is 79.9. The van der Waals surface area contributed by atoms with Crippen molar-refractivity contribution in [1.29, 1.82) is 0 Å². The monoisotopic (exact) mass is 242 g/mol. The van der Waals surface area contributed by atoms with Gasteiger partial charge in [0.1, 0.15) is 0 Å². The molecule has 0 aliphatic carbocycles. The van der Waals surface area contributed by atoms with Gasteiger partial charge in [-0.2, -0.15) is 0 Å². The molecule has 0 radical (unpaired) electrons. The van der Waals surface area contributed by atoms with E-state index in [1.54, 1.807) is 0 Å². The molecule has 1 rings (SSSR count). The first-order valence-electron chi connectivity index (χ1n) is 4.40. The molecule has 0 bridgehead atoms. The van der Waals surface area contributed by atoms with E-state index in [2.05, 4.69) is 40.3 Å². The minimum Gasteiger partial charge on any atom is -0.329 e. The van der Waals surface area contributed by atoms with E-state index in [1.165, 1.54) is 5.56 Å². The first-order valence-corrected chi connectivity index (χ1v) is 5.19. The zero-order valence-corrected chi connectivity index (χ0v) is 9.34. The van der Waals surface area contributed by atoms with Crippen molar-refractivity contribution in [3.63, 3.8) is 0 Å². The van der Waals surface area contributed by atoms with Gasteiger partial charge >= 0.3 is 0 Å². The predicted octanol–water partition coefficient (Wildman–Crippen LogP) is 1.89. The van der Waals surface area contributed by atoms with Gasteiger partial charge in [-0.25, -0.2) is 0 Å². The number of nitrogens with two attached hydrogens (primary N) is 1. The third kappa shape index (κ3) is 3.89. The van der Waals surface area contributed by atoms with Crippen LogP contribution in [-0.2, 0) is 6.54 Å². The molecule has 72 valence electrons. The molecule has 2 nitrogen and oxygen atoms in total. The van der Waals surface area contributed by atoms with Crippen LogP contribution in [0, 0.1) is 0 Å². The quantitative estimate of drug-likeness (QED) is 0.847. The number of halogens is 1. The Bertz CT molecular complexity index is 246. The lowest BCUT2D eigenvalue weighted by molar-refractivity contribution is 0.556. The molecule has 0 aliphatic rings. The Balaban J connectivity index is 2.41. The lowest BCUT2D eigenvalue weighted by atomic mass is 10.2. The van der Waals surface area contributed by atoms with Crippen molar-refractivity contribution >= 4 is 15.9 Å². The van der Waals surface area contributed by atoms with Crippen molar-refractivity contribution in [3.8, 4) is 0 Å². The van der Waals surface area contributed by atoms with E-state index < -0.39 is 0 Å². The van der Waals surface area contributed by atoms with Crippen molar-refractivity contribution in [2.75, 3.05) is 6.54 Å². The topological polar surface area (TPSA) is 38.0 Å². The summed E-state index contributed by atoms with van der Waals surface area (Å²) in [6, 6.07) is 8.66. The Morgan fingerprint density at radius 1 is 1.38 bits per heavy atom. The van der Waals surface area contributed by atoms with Crippen molar-refractivity contribution in [2.24, 2.45) is 5.73 Å². The molecule has 1 atom stereocenters. The van der Waals surface area contributed by atoms with Gasteiger partial charge in [-0.05, 0) is 24.6 Å². The van der Waals surface area contributed by atoms with Gasteiger partial charge in [-0.3, -0.25) is 0 Å². The van der Waals surface area contributed by atoms with E-state index in [-0.39, 0.29) is 0 Å². The van der Waals surface area contributed by atoms with E-state index in [4.69, 9.17) is 5.73 Å². The van der Waals surface area contributed by atoms with E-state index in [1.807, 2.05) is 12.1 Å². The zero-order chi connectivity index (χ0) is 9.68. The normalized spacial score (nSPS) is 12.8. The van der Waals surface area contributed by atoms with Gasteiger partial charge in [0, 0.05) is 23.6 Å². The molecule has 0 unspecified atom stereocenters. The molecular formula is C10H15BrN2. The Labute approximate surface area is 87.6 Å². The van der Waals surface area contributed by atoms with Crippen LogP contribution in [0.25, 0.3) is 0 Å². The van der Waals surface area contributed by atoms with Crippen LogP contribution in [0.4, 0.5) is 0 Å². The first-order chi connectivity index (χ1) is 6.22. The van der Waals surface area contributed by atoms with E-state index in [0.29, 0.717) is 12.6 Å². The lowest BCUT2D eigenvalue weighted by Crippen LogP contribution is -2.32. The van der Waals surface area contributed by atoms with Crippen LogP contribution in [0.3, 0.4) is 0 Å². The Hall–Kier alpha value is -0.380. The molecule has 13 heavy (non-hydrogen) atoms. The number of rotatable bonds is 4. The number of hydrogen-bond donors (Lipinski definition) is 2. The summed E-state index contributed by atoms with van der Waals surface area (Å²) in [6.45, 7) is 3.64. The maximum absolute atomic E-state index is 5.49. The Kier molecular flexibility index (Phi) is 4.42. The average Bonchev–Trinajstić information content (AvgIpc) is 2.16. The fourth-order valence-corrected chi connectivity index (χ4v) is 1.24. The molecule has 0 aromatic heterocycles. The summed E-state index contributed by atoms with van der Waals surface area (Å²) in [4.78, 5) is 0. The van der Waals surface area contributed by atoms with E-state index in [0.717, 1.165) is 11.0 Å². The molecule has 3 heteroatoms. The molecule has 0 fully saturated rings. The van der Waals surface area contributed by atoms with Crippen LogP contribution in [0.1, 0.15) is 12.5 Å². The van der Waals surface area contributed by atoms with Gasteiger partial charge in [0.05, 0.1) is 0 Å². The summed E-state index contributed by atoms with van der Waals surface area (Å²) in [5.74, 6) is 0. The number of benzene rings is 1. The molecule has 0 saturated carbocycles.